The molecule has 0 aliphatic carbocycles. The number of hydrogen-bond acceptors (Lipinski definition) is 4. The van der Waals surface area contributed by atoms with Crippen molar-refractivity contribution in [2.24, 2.45) is 0 Å². The molecule has 1 aromatic carbocycles. The molecule has 0 N–H and O–H groups in total. The largest absolute Gasteiger partial charge is 0.370 e. The Bertz CT molecular complexity index is 586. The van der Waals surface area contributed by atoms with Crippen molar-refractivity contribution in [3.63, 3.8) is 0 Å². The lowest BCUT2D eigenvalue weighted by atomic mass is 10.1. The van der Waals surface area contributed by atoms with Gasteiger partial charge in [-0.3, -0.25) is 4.79 Å². The summed E-state index contributed by atoms with van der Waals surface area (Å²) in [6.07, 6.45) is 4.14. The Morgan fingerprint density at radius 1 is 1.36 bits per heavy atom. The summed E-state index contributed by atoms with van der Waals surface area (Å²) in [4.78, 5) is 18.5. The van der Waals surface area contributed by atoms with Crippen molar-refractivity contribution in [1.82, 2.24) is 9.88 Å². The van der Waals surface area contributed by atoms with Gasteiger partial charge in [-0.15, -0.1) is 11.3 Å². The van der Waals surface area contributed by atoms with Gasteiger partial charge in [0.2, 0.25) is 5.91 Å². The lowest BCUT2D eigenvalue weighted by molar-refractivity contribution is -0.139. The van der Waals surface area contributed by atoms with E-state index >= 15 is 0 Å². The number of aryl methyl sites for hydroxylation is 1. The van der Waals surface area contributed by atoms with E-state index < -0.39 is 0 Å². The van der Waals surface area contributed by atoms with Crippen LogP contribution in [0.2, 0.25) is 0 Å². The number of carbonyl (C=O) groups is 1. The molecule has 1 unspecified atom stereocenters. The molecule has 4 nitrogen and oxygen atoms in total. The molecule has 1 amide bonds. The Morgan fingerprint density at radius 3 is 3.00 bits per heavy atom. The van der Waals surface area contributed by atoms with E-state index in [0.717, 1.165) is 23.4 Å². The van der Waals surface area contributed by atoms with E-state index in [1.807, 2.05) is 34.7 Å². The summed E-state index contributed by atoms with van der Waals surface area (Å²) in [5.41, 5.74) is 1.14. The van der Waals surface area contributed by atoms with Crippen LogP contribution in [0.3, 0.4) is 0 Å². The van der Waals surface area contributed by atoms with E-state index in [1.165, 1.54) is 0 Å². The zero-order valence-corrected chi connectivity index (χ0v) is 13.3. The number of thiazole rings is 1. The highest BCUT2D eigenvalue weighted by Crippen LogP contribution is 2.22. The molecule has 1 fully saturated rings. The summed E-state index contributed by atoms with van der Waals surface area (Å²) in [5, 5.41) is 3.08. The van der Waals surface area contributed by atoms with E-state index in [0.29, 0.717) is 26.1 Å². The molecule has 0 radical (unpaired) electrons. The van der Waals surface area contributed by atoms with Crippen LogP contribution in [-0.2, 0) is 16.0 Å². The van der Waals surface area contributed by atoms with Gasteiger partial charge in [-0.05, 0) is 18.4 Å². The van der Waals surface area contributed by atoms with Crippen LogP contribution in [0.25, 0.3) is 0 Å². The molecule has 1 aliphatic rings. The highest BCUT2D eigenvalue weighted by Gasteiger charge is 2.24. The van der Waals surface area contributed by atoms with E-state index in [2.05, 4.69) is 17.1 Å². The lowest BCUT2D eigenvalue weighted by Crippen LogP contribution is -2.42. The van der Waals surface area contributed by atoms with Crippen LogP contribution in [-0.4, -0.2) is 35.5 Å². The molecule has 1 saturated heterocycles. The zero-order valence-electron chi connectivity index (χ0n) is 12.5. The first kappa shape index (κ1) is 15.2. The first-order valence-electron chi connectivity index (χ1n) is 7.65. The molecule has 3 rings (SSSR count). The number of hydrogen-bond donors (Lipinski definition) is 0. The van der Waals surface area contributed by atoms with Gasteiger partial charge in [0.1, 0.15) is 6.10 Å². The molecule has 1 aromatic heterocycles. The fraction of sp³-hybridized carbons (Fsp3) is 0.412. The normalized spacial score (nSPS) is 18.4. The Hall–Kier alpha value is -1.72. The molecule has 2 aromatic rings. The minimum Gasteiger partial charge on any atom is -0.370 e. The predicted octanol–water partition coefficient (Wildman–Crippen LogP) is 3.07. The number of morpholine rings is 1. The first-order chi connectivity index (χ1) is 10.8. The van der Waals surface area contributed by atoms with Crippen molar-refractivity contribution >= 4 is 17.2 Å². The number of carbonyl (C=O) groups excluding carboxylic acids is 1. The van der Waals surface area contributed by atoms with E-state index in [4.69, 9.17) is 4.74 Å². The van der Waals surface area contributed by atoms with Crippen LogP contribution in [0, 0.1) is 0 Å². The third-order valence-electron chi connectivity index (χ3n) is 3.86. The molecule has 0 saturated carbocycles. The zero-order chi connectivity index (χ0) is 15.2. The van der Waals surface area contributed by atoms with Gasteiger partial charge in [-0.1, -0.05) is 30.3 Å². The molecule has 0 bridgehead atoms. The van der Waals surface area contributed by atoms with Gasteiger partial charge in [0, 0.05) is 24.5 Å². The van der Waals surface area contributed by atoms with Gasteiger partial charge in [0.15, 0.2) is 0 Å². The van der Waals surface area contributed by atoms with Gasteiger partial charge < -0.3 is 9.64 Å². The van der Waals surface area contributed by atoms with Crippen LogP contribution in [0.4, 0.5) is 0 Å². The molecule has 5 heteroatoms. The molecule has 0 spiro atoms. The van der Waals surface area contributed by atoms with Crippen molar-refractivity contribution in [3.05, 3.63) is 52.5 Å². The smallest absolute Gasteiger partial charge is 0.222 e. The number of nitrogens with zero attached hydrogens (tertiary/aromatic N) is 2. The van der Waals surface area contributed by atoms with E-state index in [1.54, 1.807) is 11.3 Å². The molecule has 116 valence electrons. The summed E-state index contributed by atoms with van der Waals surface area (Å²) in [6.45, 7) is 1.96. The Kier molecular flexibility index (Phi) is 5.19. The maximum Gasteiger partial charge on any atom is 0.222 e. The molecular formula is C17H20N2O2S. The highest BCUT2D eigenvalue weighted by molar-refractivity contribution is 7.09. The predicted molar refractivity (Wildman–Crippen MR) is 86.8 cm³/mol. The number of ether oxygens (including phenoxy) is 1. The van der Waals surface area contributed by atoms with Crippen LogP contribution < -0.4 is 0 Å². The van der Waals surface area contributed by atoms with Crippen molar-refractivity contribution in [3.8, 4) is 0 Å². The molecule has 2 heterocycles. The average molecular weight is 316 g/mol. The quantitative estimate of drug-likeness (QED) is 0.851. The summed E-state index contributed by atoms with van der Waals surface area (Å²) in [6, 6.07) is 10.1. The van der Waals surface area contributed by atoms with Crippen LogP contribution in [0.5, 0.6) is 0 Å². The van der Waals surface area contributed by atoms with Crippen molar-refractivity contribution in [1.29, 1.82) is 0 Å². The van der Waals surface area contributed by atoms with Gasteiger partial charge in [0.25, 0.3) is 0 Å². The van der Waals surface area contributed by atoms with Gasteiger partial charge >= 0.3 is 0 Å². The second-order valence-electron chi connectivity index (χ2n) is 5.39. The standard InChI is InChI=1S/C17H20N2O2S/c20-17(8-4-7-16-18-9-12-22-16)19-10-11-21-15(13-19)14-5-2-1-3-6-14/h1-3,5-6,9,12,15H,4,7-8,10-11,13H2. The third-order valence-corrected chi connectivity index (χ3v) is 4.69. The average Bonchev–Trinajstić information content (AvgIpc) is 3.09. The van der Waals surface area contributed by atoms with Crippen LogP contribution >= 0.6 is 11.3 Å². The third kappa shape index (κ3) is 3.93. The van der Waals surface area contributed by atoms with Gasteiger partial charge in [-0.2, -0.15) is 0 Å². The van der Waals surface area contributed by atoms with E-state index in [-0.39, 0.29) is 12.0 Å². The minimum atomic E-state index is -0.00198. The number of benzene rings is 1. The van der Waals surface area contributed by atoms with Crippen molar-refractivity contribution in [2.75, 3.05) is 19.7 Å². The number of amides is 1. The maximum absolute atomic E-state index is 12.4. The first-order valence-corrected chi connectivity index (χ1v) is 8.53. The lowest BCUT2D eigenvalue weighted by Gasteiger charge is -2.33. The Morgan fingerprint density at radius 2 is 2.23 bits per heavy atom. The summed E-state index contributed by atoms with van der Waals surface area (Å²) >= 11 is 1.65. The minimum absolute atomic E-state index is 0.00198. The molecule has 1 atom stereocenters. The van der Waals surface area contributed by atoms with Crippen LogP contribution in [0.15, 0.2) is 41.9 Å². The fourth-order valence-electron chi connectivity index (χ4n) is 2.67. The van der Waals surface area contributed by atoms with Gasteiger partial charge in [0.05, 0.1) is 18.2 Å². The summed E-state index contributed by atoms with van der Waals surface area (Å²) in [7, 11) is 0. The monoisotopic (exact) mass is 316 g/mol. The summed E-state index contributed by atoms with van der Waals surface area (Å²) in [5.74, 6) is 0.223. The SMILES string of the molecule is O=C(CCCc1nccs1)N1CCOC(c2ccccc2)C1. The van der Waals surface area contributed by atoms with Crippen molar-refractivity contribution < 1.29 is 9.53 Å². The van der Waals surface area contributed by atoms with Crippen molar-refractivity contribution in [2.45, 2.75) is 25.4 Å². The summed E-state index contributed by atoms with van der Waals surface area (Å²) < 4.78 is 5.81. The number of aromatic nitrogens is 1. The second kappa shape index (κ2) is 7.51. The van der Waals surface area contributed by atoms with Crippen LogP contribution in [0.1, 0.15) is 29.5 Å². The van der Waals surface area contributed by atoms with Gasteiger partial charge in [-0.25, -0.2) is 4.98 Å². The maximum atomic E-state index is 12.4. The number of rotatable bonds is 5. The molecule has 22 heavy (non-hydrogen) atoms. The highest BCUT2D eigenvalue weighted by atomic mass is 32.1. The fourth-order valence-corrected chi connectivity index (χ4v) is 3.33. The topological polar surface area (TPSA) is 42.4 Å². The van der Waals surface area contributed by atoms with E-state index in [9.17, 15) is 4.79 Å². The molecular weight excluding hydrogens is 296 g/mol. The Labute approximate surface area is 134 Å². The molecule has 1 aliphatic heterocycles. The second-order valence-corrected chi connectivity index (χ2v) is 6.37. The Balaban J connectivity index is 1.49.